The molecule has 10 nitrogen and oxygen atoms in total. The number of hydrogen-bond donors (Lipinski definition) is 3. The van der Waals surface area contributed by atoms with E-state index in [1.807, 2.05) is 97.1 Å². The fraction of sp³-hybridized carbons (Fsp3) is 0.167. The van der Waals surface area contributed by atoms with Gasteiger partial charge in [0.2, 0.25) is 11.8 Å². The molecule has 6 rings (SSSR count). The van der Waals surface area contributed by atoms with E-state index < -0.39 is 21.2 Å². The summed E-state index contributed by atoms with van der Waals surface area (Å²) in [6, 6.07) is 32.0. The van der Waals surface area contributed by atoms with Crippen LogP contribution in [0.1, 0.15) is 5.56 Å². The van der Waals surface area contributed by atoms with E-state index in [4.69, 9.17) is 9.84 Å². The summed E-state index contributed by atoms with van der Waals surface area (Å²) in [6.45, 7) is 10.2. The highest BCUT2D eigenvalue weighted by molar-refractivity contribution is 7.61. The van der Waals surface area contributed by atoms with Gasteiger partial charge < -0.3 is 19.9 Å². The van der Waals surface area contributed by atoms with Crippen molar-refractivity contribution >= 4 is 60.5 Å². The van der Waals surface area contributed by atoms with Crippen molar-refractivity contribution in [2.75, 3.05) is 29.3 Å². The predicted octanol–water partition coefficient (Wildman–Crippen LogP) is 8.66. The number of benzene rings is 4. The van der Waals surface area contributed by atoms with Gasteiger partial charge in [0.1, 0.15) is 19.6 Å². The van der Waals surface area contributed by atoms with Crippen molar-refractivity contribution in [3.05, 3.63) is 115 Å². The van der Waals surface area contributed by atoms with Crippen LogP contribution in [0.5, 0.6) is 11.6 Å². The number of fused-ring (bicyclic) bond motifs is 1. The van der Waals surface area contributed by atoms with E-state index in [0.29, 0.717) is 35.2 Å². The first-order valence-electron chi connectivity index (χ1n) is 15.6. The second-order valence-corrected chi connectivity index (χ2v) is 21.5. The van der Waals surface area contributed by atoms with Crippen LogP contribution in [0, 0.1) is 0 Å². The van der Waals surface area contributed by atoms with Gasteiger partial charge in [-0.05, 0) is 61.4 Å². The molecule has 0 fully saturated rings. The van der Waals surface area contributed by atoms with Crippen LogP contribution in [0.15, 0.2) is 109 Å². The molecular weight excluding hydrogens is 638 g/mol. The Morgan fingerprint density at radius 3 is 2.35 bits per heavy atom. The van der Waals surface area contributed by atoms with Crippen molar-refractivity contribution in [3.63, 3.8) is 0 Å². The van der Waals surface area contributed by atoms with E-state index in [9.17, 15) is 9.36 Å². The Balaban J connectivity index is 1.24. The van der Waals surface area contributed by atoms with Gasteiger partial charge in [0.05, 0.1) is 18.5 Å². The summed E-state index contributed by atoms with van der Waals surface area (Å²) < 4.78 is 20.5. The van der Waals surface area contributed by atoms with Gasteiger partial charge in [0.15, 0.2) is 0 Å². The quantitative estimate of drug-likeness (QED) is 0.0981. The maximum Gasteiger partial charge on any atom is 0.324 e. The van der Waals surface area contributed by atoms with Gasteiger partial charge in [-0.25, -0.2) is 14.5 Å². The van der Waals surface area contributed by atoms with E-state index in [-0.39, 0.29) is 0 Å². The number of aromatic nitrogens is 4. The van der Waals surface area contributed by atoms with Crippen molar-refractivity contribution in [2.45, 2.75) is 25.8 Å². The zero-order valence-corrected chi connectivity index (χ0v) is 29.5. The lowest BCUT2D eigenvalue weighted by Crippen LogP contribution is -2.39. The van der Waals surface area contributed by atoms with Crippen molar-refractivity contribution in [3.8, 4) is 17.3 Å². The lowest BCUT2D eigenvalue weighted by Gasteiger charge is -2.15. The molecule has 0 saturated heterocycles. The average molecular weight is 676 g/mol. The third-order valence-corrected chi connectivity index (χ3v) is 10.4. The van der Waals surface area contributed by atoms with E-state index in [1.54, 1.807) is 30.3 Å². The highest BCUT2D eigenvalue weighted by atomic mass is 31.2. The van der Waals surface area contributed by atoms with E-state index >= 15 is 0 Å². The van der Waals surface area contributed by atoms with E-state index in [2.05, 4.69) is 45.6 Å². The number of hydrogen-bond acceptors (Lipinski definition) is 7. The summed E-state index contributed by atoms with van der Waals surface area (Å²) in [7, 11) is -4.10. The number of nitrogens with one attached hydrogen (secondary N) is 3. The van der Waals surface area contributed by atoms with Gasteiger partial charge in [-0.15, -0.1) is 0 Å². The standard InChI is InChI=1S/C36H38N7O3PSi/c1-47(2,45)24-25-12-11-15-27(22-25)43-32(23-34(42-43)48(3,4)5)40-36(44)39-30-18-19-31(29-17-10-9-16-28(29)30)46-33-20-21-37-35(41-33)38-26-13-7-6-8-14-26/h6-23H,24H2,1-5H3,(H,37,38,41)(H2,39,40,44). The Labute approximate surface area is 281 Å². The van der Waals surface area contributed by atoms with Crippen molar-refractivity contribution < 1.29 is 14.1 Å². The number of ether oxygens (including phenoxy) is 1. The third kappa shape index (κ3) is 7.99. The third-order valence-electron chi connectivity index (χ3n) is 7.44. The fourth-order valence-electron chi connectivity index (χ4n) is 5.22. The Kier molecular flexibility index (Phi) is 9.17. The Morgan fingerprint density at radius 1 is 0.854 bits per heavy atom. The number of rotatable bonds is 10. The molecule has 244 valence electrons. The Bertz CT molecular complexity index is 2140. The fourth-order valence-corrected chi connectivity index (χ4v) is 7.27. The minimum absolute atomic E-state index is 0.378. The normalized spacial score (nSPS) is 11.7. The highest BCUT2D eigenvalue weighted by Crippen LogP contribution is 2.40. The molecule has 0 bridgehead atoms. The average Bonchev–Trinajstić information content (AvgIpc) is 3.47. The van der Waals surface area contributed by atoms with Crippen LogP contribution in [0.2, 0.25) is 19.6 Å². The first kappa shape index (κ1) is 32.7. The molecule has 4 aromatic carbocycles. The first-order chi connectivity index (χ1) is 22.9. The topological polar surface area (TPSA) is 123 Å². The number of amides is 2. The molecule has 0 radical (unpaired) electrons. The predicted molar refractivity (Wildman–Crippen MR) is 198 cm³/mol. The summed E-state index contributed by atoms with van der Waals surface area (Å²) in [5.41, 5.74) is 3.23. The highest BCUT2D eigenvalue weighted by Gasteiger charge is 2.24. The number of carbonyl (C=O) groups is 1. The molecule has 2 amide bonds. The zero-order chi connectivity index (χ0) is 33.9. The van der Waals surface area contributed by atoms with Crippen LogP contribution in [-0.2, 0) is 10.7 Å². The molecule has 48 heavy (non-hydrogen) atoms. The second kappa shape index (κ2) is 13.5. The minimum atomic E-state index is -2.27. The summed E-state index contributed by atoms with van der Waals surface area (Å²) >= 11 is 0. The van der Waals surface area contributed by atoms with Crippen molar-refractivity contribution in [1.82, 2.24) is 19.7 Å². The van der Waals surface area contributed by atoms with Crippen LogP contribution >= 0.6 is 7.14 Å². The Hall–Kier alpha value is -5.25. The van der Waals surface area contributed by atoms with Gasteiger partial charge in [0.25, 0.3) is 0 Å². The summed E-state index contributed by atoms with van der Waals surface area (Å²) in [4.78, 5) is 22.4. The maximum absolute atomic E-state index is 13.5. The molecule has 12 heteroatoms. The first-order valence-corrected chi connectivity index (χ1v) is 21.9. The molecule has 2 aromatic heterocycles. The molecule has 3 N–H and O–H groups in total. The van der Waals surface area contributed by atoms with Gasteiger partial charge in [-0.3, -0.25) is 5.32 Å². The van der Waals surface area contributed by atoms with Gasteiger partial charge in [-0.1, -0.05) is 74.2 Å². The number of para-hydroxylation sites is 1. The molecule has 6 aromatic rings. The molecule has 0 aliphatic rings. The Morgan fingerprint density at radius 2 is 1.60 bits per heavy atom. The molecule has 0 aliphatic heterocycles. The number of carbonyl (C=O) groups excluding carboxylic acids is 1. The van der Waals surface area contributed by atoms with E-state index in [1.165, 1.54) is 0 Å². The monoisotopic (exact) mass is 675 g/mol. The van der Waals surface area contributed by atoms with Crippen LogP contribution in [0.3, 0.4) is 0 Å². The van der Waals surface area contributed by atoms with Gasteiger partial charge in [0, 0.05) is 40.2 Å². The van der Waals surface area contributed by atoms with Gasteiger partial charge in [-0.2, -0.15) is 10.1 Å². The van der Waals surface area contributed by atoms with E-state index in [0.717, 1.165) is 33.0 Å². The summed E-state index contributed by atoms with van der Waals surface area (Å²) in [5, 5.41) is 16.7. The smallest absolute Gasteiger partial charge is 0.324 e. The molecule has 2 heterocycles. The lowest BCUT2D eigenvalue weighted by atomic mass is 10.1. The molecule has 0 spiro atoms. The molecule has 0 aliphatic carbocycles. The molecule has 0 atom stereocenters. The van der Waals surface area contributed by atoms with Crippen LogP contribution < -0.4 is 26.0 Å². The zero-order valence-electron chi connectivity index (χ0n) is 27.6. The molecule has 0 saturated carbocycles. The molecule has 0 unspecified atom stereocenters. The van der Waals surface area contributed by atoms with Crippen LogP contribution in [0.25, 0.3) is 16.5 Å². The minimum Gasteiger partial charge on any atom is -0.438 e. The second-order valence-electron chi connectivity index (χ2n) is 13.0. The van der Waals surface area contributed by atoms with Crippen molar-refractivity contribution in [2.24, 2.45) is 0 Å². The maximum atomic E-state index is 13.5. The molecular formula is C36H38N7O3PSi. The summed E-state index contributed by atoms with van der Waals surface area (Å²) in [5.74, 6) is 1.92. The van der Waals surface area contributed by atoms with Crippen molar-refractivity contribution in [1.29, 1.82) is 0 Å². The number of urea groups is 1. The largest absolute Gasteiger partial charge is 0.438 e. The van der Waals surface area contributed by atoms with Gasteiger partial charge >= 0.3 is 6.03 Å². The number of anilines is 4. The van der Waals surface area contributed by atoms with Crippen LogP contribution in [0.4, 0.5) is 27.9 Å². The number of nitrogens with zero attached hydrogens (tertiary/aromatic N) is 4. The SMILES string of the molecule is C[Si](C)(C)c1cc(NC(=O)Nc2ccc(Oc3ccnc(Nc4ccccc4)n3)c3ccccc23)n(-c2cccc(CP(C)(C)=O)c2)n1. The van der Waals surface area contributed by atoms with Crippen LogP contribution in [-0.4, -0.2) is 47.2 Å². The lowest BCUT2D eigenvalue weighted by molar-refractivity contribution is 0.262. The summed E-state index contributed by atoms with van der Waals surface area (Å²) in [6.07, 6.45) is 2.12.